The number of nitro benzene ring substituents is 1. The van der Waals surface area contributed by atoms with Crippen molar-refractivity contribution in [3.63, 3.8) is 0 Å². The average Bonchev–Trinajstić information content (AvgIpc) is 2.38. The van der Waals surface area contributed by atoms with Gasteiger partial charge in [-0.05, 0) is 31.4 Å². The Hall–Kier alpha value is -1.98. The topological polar surface area (TPSA) is 63.5 Å². The highest BCUT2D eigenvalue weighted by atomic mass is 19.1. The summed E-state index contributed by atoms with van der Waals surface area (Å²) in [6, 6.07) is 4.19. The maximum absolute atomic E-state index is 13.4. The zero-order valence-corrected chi connectivity index (χ0v) is 10.9. The summed E-state index contributed by atoms with van der Waals surface area (Å²) in [5.74, 6) is -0.565. The van der Waals surface area contributed by atoms with Crippen molar-refractivity contribution >= 4 is 17.2 Å². The van der Waals surface area contributed by atoms with Gasteiger partial charge in [0.05, 0.1) is 4.92 Å². The van der Waals surface area contributed by atoms with Crippen molar-refractivity contribution in [2.45, 2.75) is 44.2 Å². The van der Waals surface area contributed by atoms with Crippen molar-refractivity contribution in [2.75, 3.05) is 4.90 Å². The number of benzene rings is 1. The summed E-state index contributed by atoms with van der Waals surface area (Å²) >= 11 is 0. The van der Waals surface area contributed by atoms with Gasteiger partial charge in [-0.3, -0.25) is 14.9 Å². The summed E-state index contributed by atoms with van der Waals surface area (Å²) in [5, 5.41) is 10.8. The Morgan fingerprint density at radius 2 is 1.90 bits per heavy atom. The van der Waals surface area contributed by atoms with Gasteiger partial charge in [0.25, 0.3) is 0 Å². The van der Waals surface area contributed by atoms with Gasteiger partial charge < -0.3 is 4.90 Å². The Morgan fingerprint density at radius 3 is 2.50 bits per heavy atom. The van der Waals surface area contributed by atoms with E-state index in [1.807, 2.05) is 0 Å². The Bertz CT molecular complexity index is 560. The molecule has 5 nitrogen and oxygen atoms in total. The number of rotatable bonds is 2. The first-order valence-electron chi connectivity index (χ1n) is 6.80. The molecule has 1 aromatic rings. The predicted octanol–water partition coefficient (Wildman–Crippen LogP) is 2.82. The van der Waals surface area contributed by atoms with Crippen LogP contribution in [-0.4, -0.2) is 22.8 Å². The fourth-order valence-corrected chi connectivity index (χ4v) is 3.40. The normalized spacial score (nSPS) is 25.6. The van der Waals surface area contributed by atoms with E-state index < -0.39 is 16.4 Å². The minimum absolute atomic E-state index is 0.0973. The van der Waals surface area contributed by atoms with E-state index in [-0.39, 0.29) is 17.9 Å². The molecule has 0 spiro atoms. The van der Waals surface area contributed by atoms with Crippen molar-refractivity contribution in [3.05, 3.63) is 34.1 Å². The average molecular weight is 278 g/mol. The van der Waals surface area contributed by atoms with E-state index >= 15 is 0 Å². The van der Waals surface area contributed by atoms with Crippen LogP contribution in [0, 0.1) is 15.9 Å². The Morgan fingerprint density at radius 1 is 1.25 bits per heavy atom. The number of hydrogen-bond acceptors (Lipinski definition) is 4. The van der Waals surface area contributed by atoms with E-state index in [0.29, 0.717) is 18.5 Å². The molecule has 2 fully saturated rings. The monoisotopic (exact) mass is 278 g/mol. The Balaban J connectivity index is 1.98. The molecule has 0 saturated carbocycles. The third-order valence-electron chi connectivity index (χ3n) is 4.21. The van der Waals surface area contributed by atoms with Crippen LogP contribution in [0.5, 0.6) is 0 Å². The van der Waals surface area contributed by atoms with Crippen LogP contribution < -0.4 is 4.90 Å². The molecule has 2 aliphatic rings. The first-order chi connectivity index (χ1) is 9.56. The SMILES string of the molecule is O=C1CC2CCCC(C1)N2c1ccc(F)c([N+](=O)[O-])c1. The van der Waals surface area contributed by atoms with Gasteiger partial charge in [0, 0.05) is 36.7 Å². The second-order valence-electron chi connectivity index (χ2n) is 5.49. The van der Waals surface area contributed by atoms with Crippen LogP contribution in [-0.2, 0) is 4.79 Å². The van der Waals surface area contributed by atoms with Crippen molar-refractivity contribution in [3.8, 4) is 0 Å². The standard InChI is InChI=1S/C14H15FN2O3/c15-13-5-4-11(8-14(13)17(19)20)16-9-2-1-3-10(16)7-12(18)6-9/h4-5,8-10H,1-3,6-7H2. The number of hydrogen-bond donors (Lipinski definition) is 0. The zero-order chi connectivity index (χ0) is 14.3. The van der Waals surface area contributed by atoms with Gasteiger partial charge in [-0.2, -0.15) is 4.39 Å². The number of carbonyl (C=O) groups is 1. The molecule has 2 heterocycles. The number of nitrogens with zero attached hydrogens (tertiary/aromatic N) is 2. The van der Waals surface area contributed by atoms with Crippen molar-refractivity contribution in [2.24, 2.45) is 0 Å². The first kappa shape index (κ1) is 13.0. The lowest BCUT2D eigenvalue weighted by Gasteiger charge is -2.47. The first-order valence-corrected chi connectivity index (χ1v) is 6.80. The van der Waals surface area contributed by atoms with Gasteiger partial charge in [-0.1, -0.05) is 0 Å². The van der Waals surface area contributed by atoms with E-state index in [2.05, 4.69) is 4.90 Å². The highest BCUT2D eigenvalue weighted by Gasteiger charge is 2.38. The fraction of sp³-hybridized carbons (Fsp3) is 0.500. The zero-order valence-electron chi connectivity index (χ0n) is 10.9. The summed E-state index contributed by atoms with van der Waals surface area (Å²) in [6.07, 6.45) is 3.87. The van der Waals surface area contributed by atoms with Gasteiger partial charge >= 0.3 is 5.69 Å². The number of anilines is 1. The van der Waals surface area contributed by atoms with E-state index in [1.165, 1.54) is 6.07 Å². The number of piperidine rings is 2. The largest absolute Gasteiger partial charge is 0.364 e. The molecule has 0 amide bonds. The molecule has 2 atom stereocenters. The van der Waals surface area contributed by atoms with Crippen LogP contribution in [0.3, 0.4) is 0 Å². The maximum atomic E-state index is 13.4. The molecule has 3 rings (SSSR count). The van der Waals surface area contributed by atoms with Gasteiger partial charge in [-0.15, -0.1) is 0 Å². The van der Waals surface area contributed by atoms with E-state index in [9.17, 15) is 19.3 Å². The highest BCUT2D eigenvalue weighted by Crippen LogP contribution is 2.37. The molecule has 6 heteroatoms. The minimum atomic E-state index is -0.822. The molecular formula is C14H15FN2O3. The third-order valence-corrected chi connectivity index (χ3v) is 4.21. The smallest absolute Gasteiger partial charge is 0.306 e. The summed E-state index contributed by atoms with van der Waals surface area (Å²) in [7, 11) is 0. The minimum Gasteiger partial charge on any atom is -0.364 e. The van der Waals surface area contributed by atoms with Crippen LogP contribution in [0.15, 0.2) is 18.2 Å². The highest BCUT2D eigenvalue weighted by molar-refractivity contribution is 5.82. The number of halogens is 1. The van der Waals surface area contributed by atoms with Crippen molar-refractivity contribution < 1.29 is 14.1 Å². The summed E-state index contributed by atoms with van der Waals surface area (Å²) in [4.78, 5) is 23.9. The lowest BCUT2D eigenvalue weighted by atomic mass is 9.83. The van der Waals surface area contributed by atoms with Crippen LogP contribution in [0.2, 0.25) is 0 Å². The molecule has 20 heavy (non-hydrogen) atoms. The van der Waals surface area contributed by atoms with Gasteiger partial charge in [-0.25, -0.2) is 0 Å². The molecule has 2 saturated heterocycles. The fourth-order valence-electron chi connectivity index (χ4n) is 3.40. The molecule has 0 aliphatic carbocycles. The maximum Gasteiger partial charge on any atom is 0.306 e. The lowest BCUT2D eigenvalue weighted by Crippen LogP contribution is -2.52. The number of carbonyl (C=O) groups excluding carboxylic acids is 1. The molecule has 1 aromatic carbocycles. The summed E-state index contributed by atoms with van der Waals surface area (Å²) in [5.41, 5.74) is 0.151. The second-order valence-corrected chi connectivity index (χ2v) is 5.49. The Kier molecular flexibility index (Phi) is 3.16. The predicted molar refractivity (Wildman–Crippen MR) is 71.2 cm³/mol. The molecule has 106 valence electrons. The second kappa shape index (κ2) is 4.85. The molecule has 0 aromatic heterocycles. The third kappa shape index (κ3) is 2.15. The van der Waals surface area contributed by atoms with E-state index in [4.69, 9.17) is 0 Å². The Labute approximate surface area is 115 Å². The number of ketones is 1. The number of fused-ring (bicyclic) bond motifs is 2. The van der Waals surface area contributed by atoms with Crippen molar-refractivity contribution in [1.29, 1.82) is 0 Å². The lowest BCUT2D eigenvalue weighted by molar-refractivity contribution is -0.387. The van der Waals surface area contributed by atoms with Crippen LogP contribution in [0.1, 0.15) is 32.1 Å². The number of Topliss-reactive ketones (excluding diaryl/α,β-unsaturated/α-hetero) is 1. The van der Waals surface area contributed by atoms with Crippen LogP contribution in [0.25, 0.3) is 0 Å². The molecule has 2 aliphatic heterocycles. The van der Waals surface area contributed by atoms with E-state index in [1.54, 1.807) is 6.07 Å². The summed E-state index contributed by atoms with van der Waals surface area (Å²) in [6.45, 7) is 0. The van der Waals surface area contributed by atoms with E-state index in [0.717, 1.165) is 25.3 Å². The quantitative estimate of drug-likeness (QED) is 0.616. The van der Waals surface area contributed by atoms with Gasteiger partial charge in [0.15, 0.2) is 0 Å². The molecule has 2 unspecified atom stereocenters. The van der Waals surface area contributed by atoms with Gasteiger partial charge in [0.1, 0.15) is 5.78 Å². The summed E-state index contributed by atoms with van der Waals surface area (Å²) < 4.78 is 13.4. The van der Waals surface area contributed by atoms with Crippen molar-refractivity contribution in [1.82, 2.24) is 0 Å². The van der Waals surface area contributed by atoms with Crippen LogP contribution in [0.4, 0.5) is 15.8 Å². The van der Waals surface area contributed by atoms with Crippen LogP contribution >= 0.6 is 0 Å². The molecular weight excluding hydrogens is 263 g/mol. The molecule has 0 radical (unpaired) electrons. The number of nitro groups is 1. The molecule has 2 bridgehead atoms. The molecule has 0 N–H and O–H groups in total. The van der Waals surface area contributed by atoms with Gasteiger partial charge in [0.2, 0.25) is 5.82 Å².